The summed E-state index contributed by atoms with van der Waals surface area (Å²) in [4.78, 5) is 4.24. The Labute approximate surface area is 108 Å². The van der Waals surface area contributed by atoms with E-state index in [4.69, 9.17) is 4.74 Å². The predicted molar refractivity (Wildman–Crippen MR) is 73.6 cm³/mol. The molecule has 0 aliphatic carbocycles. The molecule has 0 radical (unpaired) electrons. The highest BCUT2D eigenvalue weighted by Gasteiger charge is 2.05. The number of rotatable bonds is 5. The van der Waals surface area contributed by atoms with Crippen molar-refractivity contribution in [3.8, 4) is 16.9 Å². The van der Waals surface area contributed by atoms with Crippen LogP contribution < -0.4 is 10.1 Å². The number of benzene rings is 1. The van der Waals surface area contributed by atoms with E-state index in [2.05, 4.69) is 28.5 Å². The molecule has 2 rings (SSSR count). The minimum Gasteiger partial charge on any atom is -0.492 e. The van der Waals surface area contributed by atoms with Gasteiger partial charge in [-0.25, -0.2) is 0 Å². The third kappa shape index (κ3) is 2.87. The lowest BCUT2D eigenvalue weighted by atomic mass is 10.0. The number of nitrogens with zero attached hydrogens (tertiary/aromatic N) is 1. The molecule has 0 saturated carbocycles. The number of hydrogen-bond acceptors (Lipinski definition) is 3. The van der Waals surface area contributed by atoms with Gasteiger partial charge in [-0.1, -0.05) is 24.3 Å². The molecule has 1 aromatic carbocycles. The van der Waals surface area contributed by atoms with Crippen LogP contribution in [0.15, 0.2) is 42.7 Å². The molecule has 0 unspecified atom stereocenters. The zero-order valence-electron chi connectivity index (χ0n) is 10.8. The maximum atomic E-state index is 5.49. The first-order chi connectivity index (χ1) is 8.85. The van der Waals surface area contributed by atoms with Crippen LogP contribution in [-0.4, -0.2) is 18.6 Å². The minimum absolute atomic E-state index is 0.656. The van der Waals surface area contributed by atoms with Gasteiger partial charge in [-0.3, -0.25) is 4.98 Å². The van der Waals surface area contributed by atoms with Crippen molar-refractivity contribution in [2.24, 2.45) is 0 Å². The lowest BCUT2D eigenvalue weighted by Gasteiger charge is -2.10. The molecule has 94 valence electrons. The first-order valence-corrected chi connectivity index (χ1v) is 6.16. The quantitative estimate of drug-likeness (QED) is 0.875. The number of ether oxygens (including phenoxy) is 1. The number of aromatic nitrogens is 1. The van der Waals surface area contributed by atoms with Gasteiger partial charge in [0.25, 0.3) is 0 Å². The van der Waals surface area contributed by atoms with Gasteiger partial charge in [-0.05, 0) is 31.2 Å². The van der Waals surface area contributed by atoms with Crippen molar-refractivity contribution in [2.75, 3.05) is 13.7 Å². The summed E-state index contributed by atoms with van der Waals surface area (Å²) in [6.07, 6.45) is 3.62. The second-order valence-electron chi connectivity index (χ2n) is 4.03. The molecule has 0 fully saturated rings. The highest BCUT2D eigenvalue weighted by molar-refractivity contribution is 5.67. The molecular formula is C15H18N2O. The molecule has 1 aromatic heterocycles. The summed E-state index contributed by atoms with van der Waals surface area (Å²) < 4.78 is 5.49. The molecule has 0 amide bonds. The van der Waals surface area contributed by atoms with Gasteiger partial charge in [0.05, 0.1) is 12.8 Å². The van der Waals surface area contributed by atoms with E-state index in [9.17, 15) is 0 Å². The Bertz CT molecular complexity index is 511. The number of hydrogen-bond donors (Lipinski definition) is 1. The van der Waals surface area contributed by atoms with Crippen LogP contribution in [0.3, 0.4) is 0 Å². The Morgan fingerprint density at radius 3 is 2.83 bits per heavy atom. The van der Waals surface area contributed by atoms with E-state index in [1.807, 2.05) is 32.3 Å². The van der Waals surface area contributed by atoms with E-state index >= 15 is 0 Å². The summed E-state index contributed by atoms with van der Waals surface area (Å²) in [7, 11) is 1.95. The summed E-state index contributed by atoms with van der Waals surface area (Å²) in [6.45, 7) is 3.47. The van der Waals surface area contributed by atoms with E-state index in [0.717, 1.165) is 17.9 Å². The molecule has 0 atom stereocenters. The van der Waals surface area contributed by atoms with Crippen LogP contribution in [-0.2, 0) is 6.54 Å². The van der Waals surface area contributed by atoms with Crippen LogP contribution >= 0.6 is 0 Å². The lowest BCUT2D eigenvalue weighted by Crippen LogP contribution is -2.06. The highest BCUT2D eigenvalue weighted by atomic mass is 16.5. The second kappa shape index (κ2) is 6.17. The first-order valence-electron chi connectivity index (χ1n) is 6.16. The van der Waals surface area contributed by atoms with Gasteiger partial charge in [0, 0.05) is 18.3 Å². The molecule has 18 heavy (non-hydrogen) atoms. The van der Waals surface area contributed by atoms with Crippen LogP contribution in [0.1, 0.15) is 12.5 Å². The maximum absolute atomic E-state index is 5.49. The molecule has 0 saturated heterocycles. The summed E-state index contributed by atoms with van der Waals surface area (Å²) >= 11 is 0. The van der Waals surface area contributed by atoms with Crippen molar-refractivity contribution in [1.82, 2.24) is 10.3 Å². The molecular weight excluding hydrogens is 224 g/mol. The summed E-state index contributed by atoms with van der Waals surface area (Å²) in [5, 5.41) is 3.18. The SMILES string of the molecule is CCOc1cncc(-c2ccccc2CNC)c1. The number of nitrogens with one attached hydrogen (secondary N) is 1. The van der Waals surface area contributed by atoms with Gasteiger partial charge in [0.15, 0.2) is 0 Å². The van der Waals surface area contributed by atoms with Crippen LogP contribution in [0.5, 0.6) is 5.75 Å². The number of pyridine rings is 1. The average molecular weight is 242 g/mol. The van der Waals surface area contributed by atoms with E-state index < -0.39 is 0 Å². The Morgan fingerprint density at radius 1 is 1.22 bits per heavy atom. The van der Waals surface area contributed by atoms with Crippen molar-refractivity contribution in [1.29, 1.82) is 0 Å². The standard InChI is InChI=1S/C15H18N2O/c1-3-18-14-8-13(10-17-11-14)15-7-5-4-6-12(15)9-16-2/h4-8,10-11,16H,3,9H2,1-2H3. The minimum atomic E-state index is 0.656. The Morgan fingerprint density at radius 2 is 2.06 bits per heavy atom. The van der Waals surface area contributed by atoms with Crippen LogP contribution in [0, 0.1) is 0 Å². The fourth-order valence-electron chi connectivity index (χ4n) is 1.96. The molecule has 3 heteroatoms. The van der Waals surface area contributed by atoms with E-state index in [-0.39, 0.29) is 0 Å². The normalized spacial score (nSPS) is 10.3. The first kappa shape index (κ1) is 12.6. The predicted octanol–water partition coefficient (Wildman–Crippen LogP) is 2.87. The Hall–Kier alpha value is -1.87. The van der Waals surface area contributed by atoms with Gasteiger partial charge < -0.3 is 10.1 Å². The molecule has 0 bridgehead atoms. The van der Waals surface area contributed by atoms with Crippen molar-refractivity contribution in [3.63, 3.8) is 0 Å². The third-order valence-electron chi connectivity index (χ3n) is 2.72. The topological polar surface area (TPSA) is 34.1 Å². The zero-order valence-corrected chi connectivity index (χ0v) is 10.8. The summed E-state index contributed by atoms with van der Waals surface area (Å²) in [6, 6.07) is 10.4. The average Bonchev–Trinajstić information content (AvgIpc) is 2.40. The van der Waals surface area contributed by atoms with Gasteiger partial charge >= 0.3 is 0 Å². The van der Waals surface area contributed by atoms with Crippen molar-refractivity contribution < 1.29 is 4.74 Å². The molecule has 0 aliphatic rings. The van der Waals surface area contributed by atoms with Crippen molar-refractivity contribution >= 4 is 0 Å². The van der Waals surface area contributed by atoms with Gasteiger partial charge in [0.2, 0.25) is 0 Å². The van der Waals surface area contributed by atoms with Gasteiger partial charge in [0.1, 0.15) is 5.75 Å². The molecule has 1 N–H and O–H groups in total. The second-order valence-corrected chi connectivity index (χ2v) is 4.03. The van der Waals surface area contributed by atoms with Crippen LogP contribution in [0.2, 0.25) is 0 Å². The Balaban J connectivity index is 2.38. The monoisotopic (exact) mass is 242 g/mol. The highest BCUT2D eigenvalue weighted by Crippen LogP contribution is 2.25. The maximum Gasteiger partial charge on any atom is 0.138 e. The summed E-state index contributed by atoms with van der Waals surface area (Å²) in [5.74, 6) is 0.814. The van der Waals surface area contributed by atoms with E-state index in [0.29, 0.717) is 6.61 Å². The van der Waals surface area contributed by atoms with Crippen LogP contribution in [0.25, 0.3) is 11.1 Å². The van der Waals surface area contributed by atoms with E-state index in [1.165, 1.54) is 11.1 Å². The molecule has 3 nitrogen and oxygen atoms in total. The van der Waals surface area contributed by atoms with Gasteiger partial charge in [-0.2, -0.15) is 0 Å². The van der Waals surface area contributed by atoms with E-state index in [1.54, 1.807) is 6.20 Å². The van der Waals surface area contributed by atoms with Crippen molar-refractivity contribution in [2.45, 2.75) is 13.5 Å². The largest absolute Gasteiger partial charge is 0.492 e. The molecule has 0 aliphatic heterocycles. The molecule has 2 aromatic rings. The smallest absolute Gasteiger partial charge is 0.138 e. The zero-order chi connectivity index (χ0) is 12.8. The van der Waals surface area contributed by atoms with Crippen molar-refractivity contribution in [3.05, 3.63) is 48.3 Å². The molecule has 1 heterocycles. The fraction of sp³-hybridized carbons (Fsp3) is 0.267. The third-order valence-corrected chi connectivity index (χ3v) is 2.72. The Kier molecular flexibility index (Phi) is 4.31. The fourth-order valence-corrected chi connectivity index (χ4v) is 1.96. The van der Waals surface area contributed by atoms with Gasteiger partial charge in [-0.15, -0.1) is 0 Å². The van der Waals surface area contributed by atoms with Crippen LogP contribution in [0.4, 0.5) is 0 Å². The summed E-state index contributed by atoms with van der Waals surface area (Å²) in [5.41, 5.74) is 3.54. The lowest BCUT2D eigenvalue weighted by molar-refractivity contribution is 0.339. The molecule has 0 spiro atoms.